The number of rotatable bonds is 3. The lowest BCUT2D eigenvalue weighted by Gasteiger charge is -2.29. The molecule has 0 aromatic carbocycles. The fourth-order valence-corrected chi connectivity index (χ4v) is 2.05. The Hall–Kier alpha value is -0.0800. The molecule has 2 heteroatoms. The van der Waals surface area contributed by atoms with Crippen LogP contribution in [0.2, 0.25) is 0 Å². The highest BCUT2D eigenvalue weighted by molar-refractivity contribution is 4.97. The zero-order valence-corrected chi connectivity index (χ0v) is 8.81. The van der Waals surface area contributed by atoms with Crippen LogP contribution in [0.5, 0.6) is 0 Å². The Morgan fingerprint density at radius 2 is 1.92 bits per heavy atom. The molecular formula is C11H21NO. The van der Waals surface area contributed by atoms with Gasteiger partial charge in [0.25, 0.3) is 0 Å². The van der Waals surface area contributed by atoms with Crippen LogP contribution < -0.4 is 5.32 Å². The third-order valence-electron chi connectivity index (χ3n) is 3.79. The maximum absolute atomic E-state index is 5.34. The first kappa shape index (κ1) is 9.47. The molecule has 0 radical (unpaired) electrons. The molecule has 0 aromatic heterocycles. The van der Waals surface area contributed by atoms with Crippen LogP contribution in [0.3, 0.4) is 0 Å². The van der Waals surface area contributed by atoms with Gasteiger partial charge in [-0.2, -0.15) is 0 Å². The molecule has 2 rings (SSSR count). The Morgan fingerprint density at radius 3 is 2.46 bits per heavy atom. The average Bonchev–Trinajstić information content (AvgIpc) is 2.87. The van der Waals surface area contributed by atoms with Gasteiger partial charge in [-0.1, -0.05) is 6.92 Å². The first-order valence-corrected chi connectivity index (χ1v) is 5.54. The molecule has 2 nitrogen and oxygen atoms in total. The van der Waals surface area contributed by atoms with Gasteiger partial charge in [-0.05, 0) is 38.0 Å². The topological polar surface area (TPSA) is 21.3 Å². The summed E-state index contributed by atoms with van der Waals surface area (Å²) in [4.78, 5) is 0. The average molecular weight is 183 g/mol. The molecule has 1 atom stereocenters. The van der Waals surface area contributed by atoms with Gasteiger partial charge in [0, 0.05) is 25.3 Å². The second-order valence-electron chi connectivity index (χ2n) is 4.93. The van der Waals surface area contributed by atoms with Gasteiger partial charge in [-0.15, -0.1) is 0 Å². The molecule has 0 aromatic rings. The molecule has 1 saturated carbocycles. The van der Waals surface area contributed by atoms with Crippen molar-refractivity contribution in [1.29, 1.82) is 0 Å². The summed E-state index contributed by atoms with van der Waals surface area (Å²) in [5.74, 6) is 0. The molecule has 2 fully saturated rings. The summed E-state index contributed by atoms with van der Waals surface area (Å²) in [6.07, 6.45) is 5.20. The van der Waals surface area contributed by atoms with Gasteiger partial charge in [0.1, 0.15) is 0 Å². The molecule has 1 heterocycles. The lowest BCUT2D eigenvalue weighted by molar-refractivity contribution is 0.0727. The summed E-state index contributed by atoms with van der Waals surface area (Å²) in [5.41, 5.74) is 0.609. The molecule has 0 amide bonds. The maximum atomic E-state index is 5.34. The van der Waals surface area contributed by atoms with Crippen LogP contribution in [0, 0.1) is 5.41 Å². The van der Waals surface area contributed by atoms with E-state index in [1.807, 2.05) is 0 Å². The maximum Gasteiger partial charge on any atom is 0.0480 e. The zero-order valence-electron chi connectivity index (χ0n) is 8.81. The Labute approximate surface area is 81.0 Å². The van der Waals surface area contributed by atoms with Gasteiger partial charge in [-0.25, -0.2) is 0 Å². The molecular weight excluding hydrogens is 162 g/mol. The van der Waals surface area contributed by atoms with Gasteiger partial charge in [-0.3, -0.25) is 0 Å². The van der Waals surface area contributed by atoms with E-state index in [4.69, 9.17) is 4.74 Å². The summed E-state index contributed by atoms with van der Waals surface area (Å²) in [6.45, 7) is 6.62. The summed E-state index contributed by atoms with van der Waals surface area (Å²) in [6, 6.07) is 1.40. The molecule has 1 N–H and O–H groups in total. The van der Waals surface area contributed by atoms with E-state index < -0.39 is 0 Å². The molecule has 0 bridgehead atoms. The zero-order chi connectivity index (χ0) is 9.31. The molecule has 1 saturated heterocycles. The van der Waals surface area contributed by atoms with Gasteiger partial charge < -0.3 is 10.1 Å². The molecule has 1 unspecified atom stereocenters. The highest BCUT2D eigenvalue weighted by Crippen LogP contribution is 2.48. The lowest BCUT2D eigenvalue weighted by Crippen LogP contribution is -2.43. The molecule has 2 aliphatic rings. The van der Waals surface area contributed by atoms with Crippen molar-refractivity contribution in [2.75, 3.05) is 13.2 Å². The predicted molar refractivity (Wildman–Crippen MR) is 53.8 cm³/mol. The van der Waals surface area contributed by atoms with E-state index in [1.54, 1.807) is 0 Å². The monoisotopic (exact) mass is 183 g/mol. The molecule has 1 aliphatic carbocycles. The smallest absolute Gasteiger partial charge is 0.0480 e. The van der Waals surface area contributed by atoms with Crippen molar-refractivity contribution in [3.05, 3.63) is 0 Å². The van der Waals surface area contributed by atoms with Crippen molar-refractivity contribution in [1.82, 2.24) is 5.32 Å². The summed E-state index contributed by atoms with van der Waals surface area (Å²) < 4.78 is 5.34. The number of hydrogen-bond donors (Lipinski definition) is 1. The summed E-state index contributed by atoms with van der Waals surface area (Å²) in [5, 5.41) is 3.74. The standard InChI is InChI=1S/C11H21NO/c1-9(11(2)5-6-11)12-10-3-7-13-8-4-10/h9-10,12H,3-8H2,1-2H3. The second kappa shape index (κ2) is 3.58. The van der Waals surface area contributed by atoms with E-state index in [-0.39, 0.29) is 0 Å². The normalized spacial score (nSPS) is 30.0. The van der Waals surface area contributed by atoms with E-state index >= 15 is 0 Å². The van der Waals surface area contributed by atoms with Crippen LogP contribution in [0.1, 0.15) is 39.5 Å². The first-order chi connectivity index (χ1) is 6.21. The Kier molecular flexibility index (Phi) is 2.61. The summed E-state index contributed by atoms with van der Waals surface area (Å²) in [7, 11) is 0. The van der Waals surface area contributed by atoms with Gasteiger partial charge in [0.05, 0.1) is 0 Å². The van der Waals surface area contributed by atoms with Crippen LogP contribution in [-0.2, 0) is 4.74 Å². The van der Waals surface area contributed by atoms with Gasteiger partial charge in [0.15, 0.2) is 0 Å². The highest BCUT2D eigenvalue weighted by Gasteiger charge is 2.42. The minimum absolute atomic E-state index is 0.609. The van der Waals surface area contributed by atoms with Crippen molar-refractivity contribution >= 4 is 0 Å². The fourth-order valence-electron chi connectivity index (χ4n) is 2.05. The highest BCUT2D eigenvalue weighted by atomic mass is 16.5. The van der Waals surface area contributed by atoms with Gasteiger partial charge in [0.2, 0.25) is 0 Å². The third kappa shape index (κ3) is 2.23. The van der Waals surface area contributed by atoms with Gasteiger partial charge >= 0.3 is 0 Å². The van der Waals surface area contributed by atoms with Crippen molar-refractivity contribution in [3.63, 3.8) is 0 Å². The minimum atomic E-state index is 0.609. The van der Waals surface area contributed by atoms with Crippen LogP contribution in [0.4, 0.5) is 0 Å². The van der Waals surface area contributed by atoms with Crippen LogP contribution in [0.25, 0.3) is 0 Å². The first-order valence-electron chi connectivity index (χ1n) is 5.54. The summed E-state index contributed by atoms with van der Waals surface area (Å²) >= 11 is 0. The molecule has 1 aliphatic heterocycles. The van der Waals surface area contributed by atoms with E-state index in [9.17, 15) is 0 Å². The Balaban J connectivity index is 1.76. The molecule has 76 valence electrons. The van der Waals surface area contributed by atoms with Crippen LogP contribution in [-0.4, -0.2) is 25.3 Å². The SMILES string of the molecule is CC(NC1CCOCC1)C1(C)CC1. The van der Waals surface area contributed by atoms with E-state index in [1.165, 1.54) is 25.7 Å². The quantitative estimate of drug-likeness (QED) is 0.722. The van der Waals surface area contributed by atoms with Crippen molar-refractivity contribution in [3.8, 4) is 0 Å². The Morgan fingerprint density at radius 1 is 1.31 bits per heavy atom. The molecule has 13 heavy (non-hydrogen) atoms. The number of hydrogen-bond acceptors (Lipinski definition) is 2. The van der Waals surface area contributed by atoms with Crippen molar-refractivity contribution < 1.29 is 4.74 Å². The Bertz CT molecular complexity index is 171. The van der Waals surface area contributed by atoms with Crippen molar-refractivity contribution in [2.45, 2.75) is 51.6 Å². The van der Waals surface area contributed by atoms with E-state index in [0.717, 1.165) is 13.2 Å². The fraction of sp³-hybridized carbons (Fsp3) is 1.00. The van der Waals surface area contributed by atoms with Crippen molar-refractivity contribution in [2.24, 2.45) is 5.41 Å². The minimum Gasteiger partial charge on any atom is -0.381 e. The lowest BCUT2D eigenvalue weighted by atomic mass is 9.98. The number of nitrogens with one attached hydrogen (secondary N) is 1. The predicted octanol–water partition coefficient (Wildman–Crippen LogP) is 1.94. The second-order valence-corrected chi connectivity index (χ2v) is 4.93. The number of ether oxygens (including phenoxy) is 1. The third-order valence-corrected chi connectivity index (χ3v) is 3.79. The van der Waals surface area contributed by atoms with Crippen LogP contribution >= 0.6 is 0 Å². The van der Waals surface area contributed by atoms with E-state index in [0.29, 0.717) is 17.5 Å². The largest absolute Gasteiger partial charge is 0.381 e. The van der Waals surface area contributed by atoms with Crippen LogP contribution in [0.15, 0.2) is 0 Å². The van der Waals surface area contributed by atoms with E-state index in [2.05, 4.69) is 19.2 Å². The molecule has 0 spiro atoms.